The van der Waals surface area contributed by atoms with E-state index in [1.165, 1.54) is 63.7 Å². The molecule has 0 bridgehead atoms. The lowest BCUT2D eigenvalue weighted by atomic mass is 10.00. The quantitative estimate of drug-likeness (QED) is 0.0146. The fourth-order valence-electron chi connectivity index (χ4n) is 15.9. The van der Waals surface area contributed by atoms with Crippen LogP contribution < -0.4 is 81.4 Å². The van der Waals surface area contributed by atoms with Crippen LogP contribution in [0.2, 0.25) is 0 Å². The van der Waals surface area contributed by atoms with Crippen molar-refractivity contribution >= 4 is 156 Å². The number of aromatic amines is 1. The molecule has 5 aromatic rings. The molecule has 3 aliphatic heterocycles. The highest BCUT2D eigenvalue weighted by Crippen LogP contribution is 2.30. The molecule has 43 nitrogen and oxygen atoms in total. The van der Waals surface area contributed by atoms with Gasteiger partial charge in [0.05, 0.1) is 25.3 Å². The predicted molar refractivity (Wildman–Crippen MR) is 486 cm³/mol. The molecule has 0 saturated carbocycles. The van der Waals surface area contributed by atoms with Crippen LogP contribution >= 0.6 is 23.1 Å². The maximum atomic E-state index is 15.7. The number of phenolic OH excluding ortho intramolecular Hbond substituents is 1. The number of nitrogens with zero attached hydrogens (tertiary/aromatic N) is 5. The van der Waals surface area contributed by atoms with Gasteiger partial charge in [-0.2, -0.15) is 0 Å². The highest BCUT2D eigenvalue weighted by atomic mass is 32.2. The number of benzene rings is 3. The molecular weight excluding hydrogens is 1750 g/mol. The van der Waals surface area contributed by atoms with E-state index in [0.717, 1.165) is 41.0 Å². The van der Waals surface area contributed by atoms with Crippen molar-refractivity contribution in [1.29, 1.82) is 5.41 Å². The first-order valence-electron chi connectivity index (χ1n) is 43.8. The van der Waals surface area contributed by atoms with Crippen molar-refractivity contribution in [1.82, 2.24) is 88.0 Å². The number of phenols is 1. The van der Waals surface area contributed by atoms with E-state index in [4.69, 9.17) is 28.3 Å². The zero-order valence-electron chi connectivity index (χ0n) is 74.6. The van der Waals surface area contributed by atoms with Crippen LogP contribution in [0.25, 0.3) is 21.0 Å². The third-order valence-electron chi connectivity index (χ3n) is 23.4. The van der Waals surface area contributed by atoms with Crippen LogP contribution in [-0.2, 0) is 106 Å². The molecule has 0 radical (unpaired) electrons. The van der Waals surface area contributed by atoms with Crippen LogP contribution in [0, 0.1) is 5.41 Å². The summed E-state index contributed by atoms with van der Waals surface area (Å²) in [6.07, 6.45) is 0.231. The van der Waals surface area contributed by atoms with Gasteiger partial charge in [0.25, 0.3) is 0 Å². The number of H-pyrrole nitrogens is 1. The van der Waals surface area contributed by atoms with Gasteiger partial charge in [-0.05, 0) is 116 Å². The Morgan fingerprint density at radius 2 is 1.07 bits per heavy atom. The highest BCUT2D eigenvalue weighted by molar-refractivity contribution is 8.00. The number of carbonyl (C=O) groups is 18. The van der Waals surface area contributed by atoms with Crippen molar-refractivity contribution in [3.63, 3.8) is 0 Å². The highest BCUT2D eigenvalue weighted by Gasteiger charge is 2.45. The second-order valence-electron chi connectivity index (χ2n) is 32.9. The topological polar surface area (TPSA) is 660 Å². The summed E-state index contributed by atoms with van der Waals surface area (Å²) in [4.78, 5) is 269. The van der Waals surface area contributed by atoms with Crippen molar-refractivity contribution in [3.8, 4) is 5.75 Å². The second-order valence-corrected chi connectivity index (χ2v) is 34.9. The zero-order valence-corrected chi connectivity index (χ0v) is 76.2. The summed E-state index contributed by atoms with van der Waals surface area (Å²) in [6, 6.07) is -2.46. The lowest BCUT2D eigenvalue weighted by molar-refractivity contribution is -0.149. The molecule has 3 aromatic carbocycles. The minimum atomic E-state index is -1.88. The molecule has 3 saturated heterocycles. The largest absolute Gasteiger partial charge is 0.508 e. The SMILES string of the molecule is CCCC[C@H]1C(=O)N(C)[C@@H](CCCC)C(=O)N[C@@H](CCCNC(=N)N)C(=O)N[C@H](C(=O)NCC(N)=O)CSCC(=O)N[C@@H](Cc2ccc(O)cc2)C(=O)N(C)[C@@H](C)C(=O)N[C@@H](CC(N)=O)C(=O)N2CCC[C@H]2C(=O)N[C@@H](CN)C(=O)N[C@@H](CCC(=O)O)C(=O)N2CCC[C@H]2C(=O)N[C@@H](Cc2c[nH]c3ccccc23)C(=O)N[C@@H](CO)C(=O)N[C@@H](Cc2csc3ccccc23)C(=O)N1C. The minimum absolute atomic E-state index is 0.00957. The molecular formula is C87H122N22O21S2. The van der Waals surface area contributed by atoms with Gasteiger partial charge in [0, 0.05) is 101 Å². The molecule has 0 aliphatic carbocycles. The number of carboxylic acids is 1. The summed E-state index contributed by atoms with van der Waals surface area (Å²) in [5, 5.41) is 70.7. The van der Waals surface area contributed by atoms with Gasteiger partial charge < -0.3 is 126 Å². The summed E-state index contributed by atoms with van der Waals surface area (Å²) >= 11 is 2.09. The first-order chi connectivity index (χ1) is 62.9. The summed E-state index contributed by atoms with van der Waals surface area (Å²) in [5.41, 5.74) is 24.9. The number of unbranched alkanes of at least 4 members (excludes halogenated alkanes) is 2. The number of aromatic nitrogens is 1. The fraction of sp³-hybridized carbons (Fsp3) is 0.529. The molecule has 132 heavy (non-hydrogen) atoms. The Hall–Kier alpha value is -13.0. The van der Waals surface area contributed by atoms with E-state index in [-0.39, 0.29) is 96.0 Å². The minimum Gasteiger partial charge on any atom is -0.508 e. The number of thiophene rings is 1. The van der Waals surface area contributed by atoms with Gasteiger partial charge in [-0.3, -0.25) is 91.7 Å². The van der Waals surface area contributed by atoms with Crippen molar-refractivity contribution in [2.45, 2.75) is 221 Å². The normalized spacial score (nSPS) is 24.4. The molecule has 0 spiro atoms. The molecule has 24 N–H and O–H groups in total. The number of guanidine groups is 1. The number of thioether (sulfide) groups is 1. The van der Waals surface area contributed by atoms with Gasteiger partial charge in [-0.15, -0.1) is 23.1 Å². The van der Waals surface area contributed by atoms with Gasteiger partial charge in [-0.1, -0.05) is 88.1 Å². The first-order valence-corrected chi connectivity index (χ1v) is 45.9. The second kappa shape index (κ2) is 50.4. The fourth-order valence-corrected chi connectivity index (χ4v) is 17.7. The molecule has 2 aromatic heterocycles. The van der Waals surface area contributed by atoms with E-state index < -0.39 is 247 Å². The van der Waals surface area contributed by atoms with Crippen molar-refractivity contribution in [2.75, 3.05) is 72.0 Å². The van der Waals surface area contributed by atoms with Gasteiger partial charge in [0.1, 0.15) is 90.3 Å². The molecule has 14 atom stereocenters. The molecule has 3 fully saturated rings. The average Bonchev–Trinajstić information content (AvgIpc) is 1.67. The number of aliphatic hydroxyl groups is 1. The third-order valence-corrected chi connectivity index (χ3v) is 25.4. The van der Waals surface area contributed by atoms with Gasteiger partial charge in [-0.25, -0.2) is 0 Å². The Morgan fingerprint density at radius 1 is 0.530 bits per heavy atom. The molecule has 45 heteroatoms. The number of aromatic hydroxyl groups is 1. The maximum Gasteiger partial charge on any atom is 0.303 e. The molecule has 718 valence electrons. The maximum absolute atomic E-state index is 15.7. The lowest BCUT2D eigenvalue weighted by Gasteiger charge is -2.36. The van der Waals surface area contributed by atoms with Crippen LogP contribution in [0.4, 0.5) is 0 Å². The van der Waals surface area contributed by atoms with Crippen molar-refractivity contribution in [2.24, 2.45) is 22.9 Å². The Labute approximate surface area is 770 Å². The molecule has 8 rings (SSSR count). The molecule has 0 unspecified atom stereocenters. The number of amides is 17. The third kappa shape index (κ3) is 29.2. The van der Waals surface area contributed by atoms with E-state index in [1.807, 2.05) is 26.0 Å². The number of para-hydroxylation sites is 1. The van der Waals surface area contributed by atoms with E-state index in [1.54, 1.807) is 48.0 Å². The van der Waals surface area contributed by atoms with Gasteiger partial charge in [0.15, 0.2) is 5.96 Å². The summed E-state index contributed by atoms with van der Waals surface area (Å²) < 4.78 is 0.805. The van der Waals surface area contributed by atoms with E-state index >= 15 is 33.6 Å². The van der Waals surface area contributed by atoms with Crippen LogP contribution in [0.3, 0.4) is 0 Å². The van der Waals surface area contributed by atoms with E-state index in [9.17, 15) is 68.1 Å². The number of aliphatic carboxylic acids is 1. The van der Waals surface area contributed by atoms with E-state index in [0.29, 0.717) is 58.7 Å². The van der Waals surface area contributed by atoms with Crippen molar-refractivity contribution in [3.05, 3.63) is 101 Å². The summed E-state index contributed by atoms with van der Waals surface area (Å²) in [5.74, 6) is -19.5. The number of carbonyl (C=O) groups excluding carboxylic acids is 17. The Bertz CT molecular complexity index is 5000. The molecule has 17 amide bonds. The number of fused-ring (bicyclic) bond motifs is 4. The predicted octanol–water partition coefficient (Wildman–Crippen LogP) is -3.35. The number of likely N-dealkylation sites (N-methyl/N-ethyl adjacent to an activating group) is 3. The molecule has 3 aliphatic rings. The monoisotopic (exact) mass is 1870 g/mol. The smallest absolute Gasteiger partial charge is 0.303 e. The van der Waals surface area contributed by atoms with Crippen LogP contribution in [-0.4, -0.2) is 314 Å². The number of hydrogen-bond acceptors (Lipinski definition) is 24. The number of nitrogens with one attached hydrogen (secondary N) is 13. The van der Waals surface area contributed by atoms with Crippen LogP contribution in [0.5, 0.6) is 5.75 Å². The number of primary amides is 2. The lowest BCUT2D eigenvalue weighted by Crippen LogP contribution is -2.62. The van der Waals surface area contributed by atoms with Gasteiger partial charge in [0.2, 0.25) is 100 Å². The number of nitrogens with two attached hydrogens (primary N) is 4. The number of rotatable bonds is 26. The van der Waals surface area contributed by atoms with Crippen LogP contribution in [0.15, 0.2) is 84.4 Å². The summed E-state index contributed by atoms with van der Waals surface area (Å²) in [6.45, 7) is 2.11. The Morgan fingerprint density at radius 3 is 1.69 bits per heavy atom. The summed E-state index contributed by atoms with van der Waals surface area (Å²) in [7, 11) is 3.88. The number of hydrogen-bond donors (Lipinski definition) is 20. The number of aliphatic hydroxyl groups excluding tert-OH is 1. The van der Waals surface area contributed by atoms with E-state index in [2.05, 4.69) is 63.5 Å². The van der Waals surface area contributed by atoms with Gasteiger partial charge >= 0.3 is 5.97 Å². The van der Waals surface area contributed by atoms with Crippen LogP contribution in [0.1, 0.15) is 134 Å². The zero-order chi connectivity index (χ0) is 96.7. The Balaban J connectivity index is 1.18. The van der Waals surface area contributed by atoms with Crippen molar-refractivity contribution < 1.29 is 102 Å². The molecule has 5 heterocycles. The standard InChI is InChI=1S/C87H122N22O21S2/c1-7-9-22-64-79(123)97-55(21-15-33-93-87(91)92)75(119)104-63(74(118)95-42-70(90)113)45-131-46-71(114)96-58(36-48-27-29-51(111)30-28-48)82(126)105(4)47(3)73(117)100-60(39-69(89)112)85(129)109-35-17-25-66(109)81(125)102-61(40-88)77(121)98-56(31-32-72(115)116)84(128)108-34-16-24-65(108)80(124)99-57(37-49-41-94-54-20-13-11-18-52(49)54)76(120)103-62(43-110)78(122)101-59(38-50-44-132-68-26-14-12-19-53(50)68)83(127)107(6)67(23-10-8-2)86(130)106(64)5/h11-14,18-20,26-30,41,44,47,55-67,94,110-111H,7-10,15-17,21-25,31-40,42-43,45-46,88H2,1-6H3,(H2,89,112)(H2,90,113)(H,95,118)(H,96,114)(H,97,123)(H,98,121)(H,99,124)(H,100,117)(H,101,122)(H,102,125)(H,103,120)(H,104,119)(H,115,116)(H4,91,92,93)/t47-,55-,56-,57-,58-,59-,60-,61-,62-,63-,64-,65-,66-,67-/m0/s1. The first kappa shape index (κ1) is 104. The number of carboxylic acid groups (broad SMARTS) is 1. The Kier molecular flexibility index (Phi) is 39.8. The average molecular weight is 1880 g/mol.